The van der Waals surface area contributed by atoms with Crippen LogP contribution in [-0.4, -0.2) is 25.1 Å². The number of aromatic nitrogens is 5. The van der Waals surface area contributed by atoms with E-state index in [2.05, 4.69) is 20.2 Å². The smallest absolute Gasteiger partial charge is 0.260 e. The van der Waals surface area contributed by atoms with Gasteiger partial charge >= 0.3 is 0 Å². The van der Waals surface area contributed by atoms with Crippen molar-refractivity contribution in [2.45, 2.75) is 24.8 Å². The number of benzene rings is 2. The number of thiophene rings is 1. The number of thioether (sulfide) groups is 1. The zero-order chi connectivity index (χ0) is 23.7. The zero-order valence-corrected chi connectivity index (χ0v) is 20.1. The first-order valence-corrected chi connectivity index (χ1v) is 12.3. The van der Waals surface area contributed by atoms with Crippen molar-refractivity contribution in [2.24, 2.45) is 0 Å². The summed E-state index contributed by atoms with van der Waals surface area (Å²) in [6.45, 7) is 4.06. The van der Waals surface area contributed by atoms with Crippen molar-refractivity contribution < 1.29 is 4.39 Å². The van der Waals surface area contributed by atoms with Crippen molar-refractivity contribution in [3.05, 3.63) is 92.4 Å². The standard InChI is InChI=1S/C25H20FN5OS2/c1-14-3-8-17(9-4-14)21-15(2)34-24-22(21)23(32)27-20(28-24)13-33-25-29-19(30-31-25)12-7-16-5-10-18(26)11-6-16/h3-12H,13H2,1-2H3,(H,27,28,32)(H,29,30,31)/b12-7+. The number of nitrogens with zero attached hydrogens (tertiary/aromatic N) is 3. The van der Waals surface area contributed by atoms with Gasteiger partial charge in [0.1, 0.15) is 22.3 Å². The highest BCUT2D eigenvalue weighted by Crippen LogP contribution is 2.35. The maximum Gasteiger partial charge on any atom is 0.260 e. The number of aryl methyl sites for hydroxylation is 2. The second-order valence-corrected chi connectivity index (χ2v) is 9.91. The summed E-state index contributed by atoms with van der Waals surface area (Å²) >= 11 is 2.91. The van der Waals surface area contributed by atoms with Gasteiger partial charge in [0, 0.05) is 10.4 Å². The van der Waals surface area contributed by atoms with Gasteiger partial charge in [-0.25, -0.2) is 14.4 Å². The molecule has 3 heterocycles. The minimum atomic E-state index is -0.274. The maximum atomic E-state index is 13.0. The summed E-state index contributed by atoms with van der Waals surface area (Å²) in [4.78, 5) is 26.8. The van der Waals surface area contributed by atoms with Gasteiger partial charge < -0.3 is 4.98 Å². The molecule has 0 atom stereocenters. The van der Waals surface area contributed by atoms with E-state index in [1.54, 1.807) is 18.2 Å². The molecule has 0 saturated carbocycles. The predicted octanol–water partition coefficient (Wildman–Crippen LogP) is 5.99. The van der Waals surface area contributed by atoms with Crippen LogP contribution < -0.4 is 5.56 Å². The molecule has 3 aromatic heterocycles. The van der Waals surface area contributed by atoms with Crippen LogP contribution in [0.25, 0.3) is 33.5 Å². The van der Waals surface area contributed by atoms with E-state index >= 15 is 0 Å². The molecular formula is C25H20FN5OS2. The first-order chi connectivity index (χ1) is 16.5. The number of hydrogen-bond donors (Lipinski definition) is 2. The summed E-state index contributed by atoms with van der Waals surface area (Å²) in [7, 11) is 0. The Morgan fingerprint density at radius 3 is 2.56 bits per heavy atom. The lowest BCUT2D eigenvalue weighted by molar-refractivity contribution is 0.628. The van der Waals surface area contributed by atoms with Gasteiger partial charge in [-0.05, 0) is 43.2 Å². The van der Waals surface area contributed by atoms with E-state index in [0.717, 1.165) is 26.4 Å². The van der Waals surface area contributed by atoms with Gasteiger partial charge in [-0.15, -0.1) is 16.4 Å². The Morgan fingerprint density at radius 2 is 1.79 bits per heavy atom. The van der Waals surface area contributed by atoms with Crippen molar-refractivity contribution in [2.75, 3.05) is 0 Å². The Balaban J connectivity index is 1.33. The molecule has 6 nitrogen and oxygen atoms in total. The lowest BCUT2D eigenvalue weighted by Crippen LogP contribution is -2.10. The fraction of sp³-hybridized carbons (Fsp3) is 0.120. The van der Waals surface area contributed by atoms with Crippen molar-refractivity contribution in [3.8, 4) is 11.1 Å². The number of aromatic amines is 2. The van der Waals surface area contributed by atoms with Crippen molar-refractivity contribution in [1.82, 2.24) is 25.1 Å². The SMILES string of the molecule is Cc1ccc(-c2c(C)sc3nc(CSc4n[nH]c(/C=C/c5ccc(F)cc5)n4)[nH]c(=O)c23)cc1. The number of fused-ring (bicyclic) bond motifs is 1. The highest BCUT2D eigenvalue weighted by Gasteiger charge is 2.17. The van der Waals surface area contributed by atoms with Gasteiger partial charge in [-0.3, -0.25) is 9.89 Å². The van der Waals surface area contributed by atoms with Gasteiger partial charge in [0.2, 0.25) is 5.16 Å². The van der Waals surface area contributed by atoms with E-state index in [1.807, 2.05) is 44.2 Å². The summed E-state index contributed by atoms with van der Waals surface area (Å²) < 4.78 is 13.0. The molecule has 0 aliphatic rings. The molecule has 2 aromatic carbocycles. The summed E-state index contributed by atoms with van der Waals surface area (Å²) in [5, 5.41) is 8.25. The molecule has 9 heteroatoms. The molecule has 0 spiro atoms. The van der Waals surface area contributed by atoms with E-state index in [9.17, 15) is 9.18 Å². The number of H-pyrrole nitrogens is 2. The number of halogens is 1. The van der Waals surface area contributed by atoms with Gasteiger partial charge in [0.25, 0.3) is 5.56 Å². The van der Waals surface area contributed by atoms with Crippen LogP contribution in [0.4, 0.5) is 4.39 Å². The maximum absolute atomic E-state index is 13.0. The van der Waals surface area contributed by atoms with E-state index in [1.165, 1.54) is 40.8 Å². The topological polar surface area (TPSA) is 87.3 Å². The molecular weight excluding hydrogens is 469 g/mol. The second-order valence-electron chi connectivity index (χ2n) is 7.77. The second kappa shape index (κ2) is 9.36. The average molecular weight is 490 g/mol. The van der Waals surface area contributed by atoms with Crippen LogP contribution in [0.2, 0.25) is 0 Å². The first kappa shape index (κ1) is 22.2. The average Bonchev–Trinajstić information content (AvgIpc) is 3.42. The van der Waals surface area contributed by atoms with Crippen LogP contribution in [0.15, 0.2) is 58.5 Å². The molecule has 0 unspecified atom stereocenters. The van der Waals surface area contributed by atoms with E-state index in [-0.39, 0.29) is 11.4 Å². The Bertz CT molecular complexity index is 1550. The Hall–Kier alpha value is -3.56. The van der Waals surface area contributed by atoms with Crippen LogP contribution >= 0.6 is 23.1 Å². The van der Waals surface area contributed by atoms with E-state index < -0.39 is 0 Å². The third kappa shape index (κ3) is 4.71. The molecule has 0 radical (unpaired) electrons. The molecule has 5 aromatic rings. The Kier molecular flexibility index (Phi) is 6.12. The van der Waals surface area contributed by atoms with E-state index in [0.29, 0.717) is 27.9 Å². The molecule has 34 heavy (non-hydrogen) atoms. The van der Waals surface area contributed by atoms with Gasteiger partial charge in [0.05, 0.1) is 11.1 Å². The summed E-state index contributed by atoms with van der Waals surface area (Å²) in [5.74, 6) is 1.32. The fourth-order valence-corrected chi connectivity index (χ4v) is 5.32. The molecule has 170 valence electrons. The number of nitrogens with one attached hydrogen (secondary N) is 2. The molecule has 0 amide bonds. The zero-order valence-electron chi connectivity index (χ0n) is 18.4. The molecule has 2 N–H and O–H groups in total. The van der Waals surface area contributed by atoms with Crippen molar-refractivity contribution >= 4 is 45.5 Å². The minimum Gasteiger partial charge on any atom is -0.309 e. The van der Waals surface area contributed by atoms with Gasteiger partial charge in [0.15, 0.2) is 0 Å². The summed E-state index contributed by atoms with van der Waals surface area (Å²) in [6.07, 6.45) is 3.60. The monoisotopic (exact) mass is 489 g/mol. The van der Waals surface area contributed by atoms with Gasteiger partial charge in [-0.1, -0.05) is 59.8 Å². The molecule has 0 aliphatic carbocycles. The highest BCUT2D eigenvalue weighted by molar-refractivity contribution is 7.98. The predicted molar refractivity (Wildman–Crippen MR) is 136 cm³/mol. The first-order valence-electron chi connectivity index (χ1n) is 10.5. The number of rotatable bonds is 6. The highest BCUT2D eigenvalue weighted by atomic mass is 32.2. The van der Waals surface area contributed by atoms with Crippen LogP contribution in [0, 0.1) is 19.7 Å². The largest absolute Gasteiger partial charge is 0.309 e. The van der Waals surface area contributed by atoms with Crippen molar-refractivity contribution in [3.63, 3.8) is 0 Å². The van der Waals surface area contributed by atoms with Crippen molar-refractivity contribution in [1.29, 1.82) is 0 Å². The molecule has 0 fully saturated rings. The molecule has 5 rings (SSSR count). The minimum absolute atomic E-state index is 0.140. The number of hydrogen-bond acceptors (Lipinski definition) is 6. The Morgan fingerprint density at radius 1 is 1.03 bits per heavy atom. The molecule has 0 aliphatic heterocycles. The molecule has 0 saturated heterocycles. The fourth-order valence-electron chi connectivity index (χ4n) is 3.58. The summed E-state index contributed by atoms with van der Waals surface area (Å²) in [5.41, 5.74) is 3.86. The van der Waals surface area contributed by atoms with Crippen LogP contribution in [0.1, 0.15) is 27.7 Å². The third-order valence-corrected chi connectivity index (χ3v) is 7.11. The van der Waals surface area contributed by atoms with Crippen LogP contribution in [0.3, 0.4) is 0 Å². The van der Waals surface area contributed by atoms with Crippen LogP contribution in [-0.2, 0) is 5.75 Å². The van der Waals surface area contributed by atoms with Crippen LogP contribution in [0.5, 0.6) is 0 Å². The normalized spacial score (nSPS) is 11.6. The third-order valence-electron chi connectivity index (χ3n) is 5.25. The Labute approximate surface area is 203 Å². The quantitative estimate of drug-likeness (QED) is 0.286. The van der Waals surface area contributed by atoms with E-state index in [4.69, 9.17) is 4.98 Å². The summed E-state index contributed by atoms with van der Waals surface area (Å²) in [6, 6.07) is 14.4. The lowest BCUT2D eigenvalue weighted by atomic mass is 10.0. The molecule has 0 bridgehead atoms. The van der Waals surface area contributed by atoms with Gasteiger partial charge in [-0.2, -0.15) is 0 Å². The lowest BCUT2D eigenvalue weighted by Gasteiger charge is -2.03.